The molecule has 1 N–H and O–H groups in total. The zero-order valence-corrected chi connectivity index (χ0v) is 20.0. The Labute approximate surface area is 199 Å². The first-order valence-electron chi connectivity index (χ1n) is 12.1. The van der Waals surface area contributed by atoms with Gasteiger partial charge in [-0.2, -0.15) is 0 Å². The smallest absolute Gasteiger partial charge is 0.259 e. The summed E-state index contributed by atoms with van der Waals surface area (Å²) in [6.45, 7) is 1.49. The Bertz CT molecular complexity index is 1080. The van der Waals surface area contributed by atoms with Gasteiger partial charge in [0.25, 0.3) is 11.8 Å². The van der Waals surface area contributed by atoms with Gasteiger partial charge in [0.05, 0.1) is 14.2 Å². The average Bonchev–Trinajstić information content (AvgIpc) is 3.42. The number of likely N-dealkylation sites (tertiary alicyclic amines) is 1. The van der Waals surface area contributed by atoms with Gasteiger partial charge < -0.3 is 24.3 Å². The van der Waals surface area contributed by atoms with Gasteiger partial charge in [-0.25, -0.2) is 0 Å². The molecule has 8 heteroatoms. The molecule has 0 bridgehead atoms. The molecular weight excluding hydrogens is 434 g/mol. The van der Waals surface area contributed by atoms with Gasteiger partial charge in [0.2, 0.25) is 5.43 Å². The monoisotopic (exact) mass is 467 g/mol. The van der Waals surface area contributed by atoms with E-state index >= 15 is 0 Å². The van der Waals surface area contributed by atoms with Gasteiger partial charge in [-0.05, 0) is 49.8 Å². The number of pyridine rings is 1. The van der Waals surface area contributed by atoms with Gasteiger partial charge in [0, 0.05) is 44.1 Å². The van der Waals surface area contributed by atoms with Crippen molar-refractivity contribution in [2.24, 2.45) is 0 Å². The zero-order valence-electron chi connectivity index (χ0n) is 20.0. The highest BCUT2D eigenvalue weighted by molar-refractivity contribution is 5.99. The van der Waals surface area contributed by atoms with Gasteiger partial charge in [-0.1, -0.05) is 12.8 Å². The van der Waals surface area contributed by atoms with Gasteiger partial charge in [-0.3, -0.25) is 14.4 Å². The van der Waals surface area contributed by atoms with E-state index in [9.17, 15) is 14.4 Å². The Kier molecular flexibility index (Phi) is 7.55. The normalized spacial score (nSPS) is 16.4. The summed E-state index contributed by atoms with van der Waals surface area (Å²) in [6.07, 6.45) is 10.4. The minimum Gasteiger partial charge on any atom is -0.497 e. The summed E-state index contributed by atoms with van der Waals surface area (Å²) in [7, 11) is 3.13. The number of piperidine rings is 1. The van der Waals surface area contributed by atoms with Gasteiger partial charge in [-0.15, -0.1) is 0 Å². The number of hydrogen-bond donors (Lipinski definition) is 1. The van der Waals surface area contributed by atoms with Crippen molar-refractivity contribution < 1.29 is 19.1 Å². The molecule has 2 aromatic rings. The van der Waals surface area contributed by atoms with Crippen molar-refractivity contribution in [1.82, 2.24) is 14.8 Å². The first-order valence-corrected chi connectivity index (χ1v) is 12.1. The Balaban J connectivity index is 1.62. The molecule has 34 heavy (non-hydrogen) atoms. The zero-order chi connectivity index (χ0) is 24.1. The molecule has 0 atom stereocenters. The molecule has 0 spiro atoms. The fourth-order valence-electron chi connectivity index (χ4n) is 4.84. The van der Waals surface area contributed by atoms with Crippen molar-refractivity contribution in [2.75, 3.05) is 27.3 Å². The van der Waals surface area contributed by atoms with Crippen LogP contribution in [0, 0.1) is 0 Å². The molecule has 1 aliphatic heterocycles. The van der Waals surface area contributed by atoms with E-state index in [0.29, 0.717) is 24.6 Å². The number of carbonyl (C=O) groups excluding carboxylic acids is 2. The number of rotatable bonds is 7. The topological polar surface area (TPSA) is 89.9 Å². The summed E-state index contributed by atoms with van der Waals surface area (Å²) in [5, 5.41) is 2.83. The van der Waals surface area contributed by atoms with Crippen molar-refractivity contribution >= 4 is 11.8 Å². The van der Waals surface area contributed by atoms with Gasteiger partial charge >= 0.3 is 0 Å². The Morgan fingerprint density at radius 1 is 0.912 bits per heavy atom. The number of carbonyl (C=O) groups is 2. The fourth-order valence-corrected chi connectivity index (χ4v) is 4.84. The lowest BCUT2D eigenvalue weighted by Gasteiger charge is -2.27. The molecule has 1 aromatic carbocycles. The average molecular weight is 468 g/mol. The van der Waals surface area contributed by atoms with Crippen LogP contribution in [0.5, 0.6) is 11.5 Å². The van der Waals surface area contributed by atoms with E-state index in [2.05, 4.69) is 5.32 Å². The highest BCUT2D eigenvalue weighted by Gasteiger charge is 2.26. The molecule has 2 aliphatic rings. The number of nitrogens with one attached hydrogen (secondary N) is 1. The van der Waals surface area contributed by atoms with Crippen molar-refractivity contribution in [3.05, 3.63) is 57.5 Å². The third kappa shape index (κ3) is 5.26. The molecule has 182 valence electrons. The van der Waals surface area contributed by atoms with Crippen LogP contribution in [0.1, 0.15) is 77.3 Å². The van der Waals surface area contributed by atoms with Gasteiger partial charge in [0.1, 0.15) is 22.6 Å². The minimum atomic E-state index is -0.509. The van der Waals surface area contributed by atoms with E-state index in [1.807, 2.05) is 4.57 Å². The third-order valence-electron chi connectivity index (χ3n) is 6.77. The number of benzene rings is 1. The van der Waals surface area contributed by atoms with Crippen molar-refractivity contribution in [3.8, 4) is 11.5 Å². The van der Waals surface area contributed by atoms with Crippen LogP contribution in [0.15, 0.2) is 35.4 Å². The highest BCUT2D eigenvalue weighted by atomic mass is 16.5. The maximum Gasteiger partial charge on any atom is 0.259 e. The van der Waals surface area contributed by atoms with Crippen LogP contribution in [0.4, 0.5) is 0 Å². The lowest BCUT2D eigenvalue weighted by Crippen LogP contribution is -2.40. The van der Waals surface area contributed by atoms with Crippen LogP contribution in [0.25, 0.3) is 0 Å². The number of hydrogen-bond acceptors (Lipinski definition) is 5. The van der Waals surface area contributed by atoms with E-state index in [1.54, 1.807) is 49.7 Å². The predicted molar refractivity (Wildman–Crippen MR) is 129 cm³/mol. The van der Waals surface area contributed by atoms with Crippen LogP contribution < -0.4 is 20.2 Å². The molecule has 0 unspecified atom stereocenters. The van der Waals surface area contributed by atoms with Crippen molar-refractivity contribution in [2.45, 2.75) is 57.5 Å². The van der Waals surface area contributed by atoms with Crippen molar-refractivity contribution in [1.29, 1.82) is 0 Å². The molecule has 4 rings (SSSR count). The second-order valence-electron chi connectivity index (χ2n) is 9.06. The van der Waals surface area contributed by atoms with Crippen LogP contribution in [-0.2, 0) is 6.54 Å². The second kappa shape index (κ2) is 10.8. The quantitative estimate of drug-likeness (QED) is 0.673. The molecule has 1 saturated carbocycles. The van der Waals surface area contributed by atoms with E-state index in [0.717, 1.165) is 50.5 Å². The lowest BCUT2D eigenvalue weighted by atomic mass is 10.1. The maximum atomic E-state index is 13.3. The number of amides is 2. The van der Waals surface area contributed by atoms with E-state index in [4.69, 9.17) is 9.47 Å². The molecule has 0 radical (unpaired) electrons. The van der Waals surface area contributed by atoms with E-state index in [-0.39, 0.29) is 29.6 Å². The summed E-state index contributed by atoms with van der Waals surface area (Å²) < 4.78 is 12.5. The highest BCUT2D eigenvalue weighted by Crippen LogP contribution is 2.29. The first kappa shape index (κ1) is 23.9. The summed E-state index contributed by atoms with van der Waals surface area (Å²) in [5.41, 5.74) is 0.362. The van der Waals surface area contributed by atoms with Crippen molar-refractivity contribution in [3.63, 3.8) is 0 Å². The Morgan fingerprint density at radius 2 is 1.53 bits per heavy atom. The molecular formula is C26H33N3O5. The maximum absolute atomic E-state index is 13.3. The van der Waals surface area contributed by atoms with Crippen LogP contribution >= 0.6 is 0 Å². The number of ether oxygens (including phenoxy) is 2. The largest absolute Gasteiger partial charge is 0.497 e. The summed E-state index contributed by atoms with van der Waals surface area (Å²) in [5.74, 6) is 0.457. The molecule has 1 aliphatic carbocycles. The van der Waals surface area contributed by atoms with E-state index < -0.39 is 11.3 Å². The molecule has 2 fully saturated rings. The Hall–Kier alpha value is -3.29. The molecule has 2 amide bonds. The third-order valence-corrected chi connectivity index (χ3v) is 6.77. The number of aromatic nitrogens is 1. The SMILES string of the molecule is COc1cc(CNC(=O)c2cn(C3CCCC3)cc(C(=O)N3CCCCC3)c2=O)cc(OC)c1. The molecule has 1 aromatic heterocycles. The lowest BCUT2D eigenvalue weighted by molar-refractivity contribution is 0.0722. The summed E-state index contributed by atoms with van der Waals surface area (Å²) in [6, 6.07) is 5.55. The fraction of sp³-hybridized carbons (Fsp3) is 0.500. The summed E-state index contributed by atoms with van der Waals surface area (Å²) in [4.78, 5) is 41.4. The minimum absolute atomic E-state index is 0.00428. The van der Waals surface area contributed by atoms with Crippen LogP contribution in [-0.4, -0.2) is 48.6 Å². The Morgan fingerprint density at radius 3 is 2.15 bits per heavy atom. The first-order chi connectivity index (χ1) is 16.5. The molecule has 1 saturated heterocycles. The predicted octanol–water partition coefficient (Wildman–Crippen LogP) is 3.54. The summed E-state index contributed by atoms with van der Waals surface area (Å²) >= 11 is 0. The number of nitrogens with zero attached hydrogens (tertiary/aromatic N) is 2. The van der Waals surface area contributed by atoms with Crippen LogP contribution in [0.3, 0.4) is 0 Å². The molecule has 8 nitrogen and oxygen atoms in total. The van der Waals surface area contributed by atoms with Gasteiger partial charge in [0.15, 0.2) is 0 Å². The second-order valence-corrected chi connectivity index (χ2v) is 9.06. The van der Waals surface area contributed by atoms with E-state index in [1.165, 1.54) is 0 Å². The molecule has 2 heterocycles. The number of methoxy groups -OCH3 is 2. The van der Waals surface area contributed by atoms with Crippen LogP contribution in [0.2, 0.25) is 0 Å². The standard InChI is InChI=1S/C26H33N3O5/c1-33-20-12-18(13-21(14-20)34-2)15-27-25(31)22-16-29(19-8-4-5-9-19)17-23(24(22)30)26(32)28-10-6-3-7-11-28/h12-14,16-17,19H,3-11,15H2,1-2H3,(H,27,31).